The van der Waals surface area contributed by atoms with E-state index in [1.165, 1.54) is 11.1 Å². The van der Waals surface area contributed by atoms with Crippen molar-refractivity contribution in [2.45, 2.75) is 44.2 Å². The van der Waals surface area contributed by atoms with Gasteiger partial charge in [-0.05, 0) is 43.0 Å². The van der Waals surface area contributed by atoms with Gasteiger partial charge in [-0.1, -0.05) is 36.8 Å². The molecule has 0 spiro atoms. The molecule has 0 bridgehead atoms. The average Bonchev–Trinajstić information content (AvgIpc) is 2.91. The normalized spacial score (nSPS) is 23.0. The molecule has 136 valence electrons. The minimum absolute atomic E-state index is 0.0946. The number of amides is 1. The van der Waals surface area contributed by atoms with Crippen LogP contribution in [0.25, 0.3) is 0 Å². The maximum absolute atomic E-state index is 12.8. The number of rotatable bonds is 3. The molecular weight excluding hydrogens is 324 g/mol. The van der Waals surface area contributed by atoms with Gasteiger partial charge in [0.25, 0.3) is 0 Å². The van der Waals surface area contributed by atoms with Crippen LogP contribution in [0.3, 0.4) is 0 Å². The van der Waals surface area contributed by atoms with Crippen LogP contribution >= 0.6 is 0 Å². The van der Waals surface area contributed by atoms with Crippen molar-refractivity contribution in [1.82, 2.24) is 4.90 Å². The molecule has 1 saturated heterocycles. The first-order valence-electron chi connectivity index (χ1n) is 9.55. The second-order valence-electron chi connectivity index (χ2n) is 7.21. The maximum Gasteiger partial charge on any atom is 0.223 e. The van der Waals surface area contributed by atoms with Gasteiger partial charge in [0.15, 0.2) is 0 Å². The SMILES string of the molecule is COc1ccc2c(c1)[C@@H](N1CCCCCC1=O)C[C@@H](c1ccccc1)N2. The quantitative estimate of drug-likeness (QED) is 0.873. The van der Waals surface area contributed by atoms with E-state index in [-0.39, 0.29) is 18.0 Å². The van der Waals surface area contributed by atoms with E-state index in [0.29, 0.717) is 6.42 Å². The largest absolute Gasteiger partial charge is 0.497 e. The molecule has 4 heteroatoms. The van der Waals surface area contributed by atoms with Gasteiger partial charge in [0.1, 0.15) is 5.75 Å². The fourth-order valence-electron chi connectivity index (χ4n) is 4.20. The molecule has 0 unspecified atom stereocenters. The molecule has 26 heavy (non-hydrogen) atoms. The Hall–Kier alpha value is -2.49. The first-order valence-corrected chi connectivity index (χ1v) is 9.55. The summed E-state index contributed by atoms with van der Waals surface area (Å²) in [5.74, 6) is 1.13. The number of nitrogens with zero attached hydrogens (tertiary/aromatic N) is 1. The lowest BCUT2D eigenvalue weighted by molar-refractivity contribution is -0.133. The zero-order chi connectivity index (χ0) is 17.9. The summed E-state index contributed by atoms with van der Waals surface area (Å²) in [6, 6.07) is 17.0. The van der Waals surface area contributed by atoms with Crippen LogP contribution in [0.15, 0.2) is 48.5 Å². The van der Waals surface area contributed by atoms with Gasteiger partial charge in [-0.15, -0.1) is 0 Å². The molecule has 4 rings (SSSR count). The van der Waals surface area contributed by atoms with Crippen molar-refractivity contribution in [2.75, 3.05) is 19.0 Å². The van der Waals surface area contributed by atoms with Crippen LogP contribution in [0.1, 0.15) is 55.3 Å². The van der Waals surface area contributed by atoms with E-state index in [1.807, 2.05) is 12.1 Å². The summed E-state index contributed by atoms with van der Waals surface area (Å²) >= 11 is 0. The molecule has 2 atom stereocenters. The summed E-state index contributed by atoms with van der Waals surface area (Å²) in [5, 5.41) is 3.67. The summed E-state index contributed by atoms with van der Waals surface area (Å²) in [7, 11) is 1.69. The van der Waals surface area contributed by atoms with Crippen LogP contribution in [0.5, 0.6) is 5.75 Å². The third-order valence-electron chi connectivity index (χ3n) is 5.59. The standard InChI is InChI=1S/C22H26N2O2/c1-26-17-11-12-19-18(14-17)21(24-13-7-3-6-10-22(24)25)15-20(23-19)16-8-4-2-5-9-16/h2,4-5,8-9,11-12,14,20-21,23H,3,6-7,10,13,15H2,1H3/t20-,21-/m0/s1. The topological polar surface area (TPSA) is 41.6 Å². The third kappa shape index (κ3) is 3.28. The van der Waals surface area contributed by atoms with E-state index in [9.17, 15) is 4.79 Å². The van der Waals surface area contributed by atoms with Crippen LogP contribution in [0.2, 0.25) is 0 Å². The first kappa shape index (κ1) is 17.0. The summed E-state index contributed by atoms with van der Waals surface area (Å²) in [6.45, 7) is 0.849. The Labute approximate surface area is 155 Å². The number of likely N-dealkylation sites (tertiary alicyclic amines) is 1. The van der Waals surface area contributed by atoms with E-state index in [2.05, 4.69) is 46.6 Å². The fourth-order valence-corrected chi connectivity index (χ4v) is 4.20. The number of methoxy groups -OCH3 is 1. The maximum atomic E-state index is 12.8. The van der Waals surface area contributed by atoms with E-state index in [0.717, 1.165) is 43.7 Å². The summed E-state index contributed by atoms with van der Waals surface area (Å²) in [4.78, 5) is 14.9. The van der Waals surface area contributed by atoms with Crippen LogP contribution < -0.4 is 10.1 Å². The van der Waals surface area contributed by atoms with E-state index in [1.54, 1.807) is 7.11 Å². The molecule has 0 saturated carbocycles. The highest BCUT2D eigenvalue weighted by atomic mass is 16.5. The number of anilines is 1. The van der Waals surface area contributed by atoms with Crippen molar-refractivity contribution in [3.63, 3.8) is 0 Å². The first-order chi connectivity index (χ1) is 12.8. The van der Waals surface area contributed by atoms with Gasteiger partial charge in [0, 0.05) is 24.2 Å². The van der Waals surface area contributed by atoms with Crippen molar-refractivity contribution in [3.8, 4) is 5.75 Å². The van der Waals surface area contributed by atoms with Crippen molar-refractivity contribution < 1.29 is 9.53 Å². The van der Waals surface area contributed by atoms with Gasteiger partial charge >= 0.3 is 0 Å². The Morgan fingerprint density at radius 1 is 1.08 bits per heavy atom. The van der Waals surface area contributed by atoms with Gasteiger partial charge in [-0.2, -0.15) is 0 Å². The third-order valence-corrected chi connectivity index (χ3v) is 5.59. The highest BCUT2D eigenvalue weighted by molar-refractivity contribution is 5.77. The molecule has 1 amide bonds. The number of hydrogen-bond acceptors (Lipinski definition) is 3. The molecule has 1 N–H and O–H groups in total. The van der Waals surface area contributed by atoms with Gasteiger partial charge in [0.05, 0.1) is 19.2 Å². The molecule has 0 aliphatic carbocycles. The lowest BCUT2D eigenvalue weighted by Gasteiger charge is -2.40. The second kappa shape index (κ2) is 7.40. The zero-order valence-corrected chi connectivity index (χ0v) is 15.3. The van der Waals surface area contributed by atoms with E-state index in [4.69, 9.17) is 4.74 Å². The Kier molecular flexibility index (Phi) is 4.83. The highest BCUT2D eigenvalue weighted by Gasteiger charge is 2.34. The molecule has 2 aromatic carbocycles. The molecule has 2 aliphatic rings. The lowest BCUT2D eigenvalue weighted by atomic mass is 9.88. The Bertz CT molecular complexity index is 775. The second-order valence-corrected chi connectivity index (χ2v) is 7.21. The molecule has 0 aromatic heterocycles. The number of carbonyl (C=O) groups excluding carboxylic acids is 1. The zero-order valence-electron chi connectivity index (χ0n) is 15.3. The molecule has 2 heterocycles. The summed E-state index contributed by atoms with van der Waals surface area (Å²) < 4.78 is 5.45. The van der Waals surface area contributed by atoms with Crippen LogP contribution in [-0.2, 0) is 4.79 Å². The molecular formula is C22H26N2O2. The number of fused-ring (bicyclic) bond motifs is 1. The number of carbonyl (C=O) groups is 1. The predicted molar refractivity (Wildman–Crippen MR) is 103 cm³/mol. The Morgan fingerprint density at radius 2 is 1.92 bits per heavy atom. The summed E-state index contributed by atoms with van der Waals surface area (Å²) in [6.07, 6.45) is 4.79. The minimum Gasteiger partial charge on any atom is -0.497 e. The molecule has 2 aromatic rings. The molecule has 4 nitrogen and oxygen atoms in total. The van der Waals surface area contributed by atoms with Crippen molar-refractivity contribution >= 4 is 11.6 Å². The average molecular weight is 350 g/mol. The fraction of sp³-hybridized carbons (Fsp3) is 0.409. The van der Waals surface area contributed by atoms with Crippen molar-refractivity contribution in [3.05, 3.63) is 59.7 Å². The number of hydrogen-bond donors (Lipinski definition) is 1. The summed E-state index contributed by atoms with van der Waals surface area (Å²) in [5.41, 5.74) is 3.54. The van der Waals surface area contributed by atoms with Crippen LogP contribution in [-0.4, -0.2) is 24.5 Å². The van der Waals surface area contributed by atoms with Gasteiger partial charge in [-0.25, -0.2) is 0 Å². The molecule has 0 radical (unpaired) electrons. The van der Waals surface area contributed by atoms with Crippen LogP contribution in [0.4, 0.5) is 5.69 Å². The highest BCUT2D eigenvalue weighted by Crippen LogP contribution is 2.44. The minimum atomic E-state index is 0.0946. The Balaban J connectivity index is 1.73. The lowest BCUT2D eigenvalue weighted by Crippen LogP contribution is -2.38. The van der Waals surface area contributed by atoms with E-state index < -0.39 is 0 Å². The van der Waals surface area contributed by atoms with Gasteiger partial charge < -0.3 is 15.0 Å². The van der Waals surface area contributed by atoms with Crippen molar-refractivity contribution in [2.24, 2.45) is 0 Å². The molecule has 1 fully saturated rings. The predicted octanol–water partition coefficient (Wildman–Crippen LogP) is 4.70. The van der Waals surface area contributed by atoms with Gasteiger partial charge in [0.2, 0.25) is 5.91 Å². The monoisotopic (exact) mass is 350 g/mol. The van der Waals surface area contributed by atoms with E-state index >= 15 is 0 Å². The number of benzene rings is 2. The van der Waals surface area contributed by atoms with Crippen molar-refractivity contribution in [1.29, 1.82) is 0 Å². The smallest absolute Gasteiger partial charge is 0.223 e. The molecule has 2 aliphatic heterocycles. The number of nitrogens with one attached hydrogen (secondary N) is 1. The Morgan fingerprint density at radius 3 is 2.73 bits per heavy atom. The van der Waals surface area contributed by atoms with Gasteiger partial charge in [-0.3, -0.25) is 4.79 Å². The number of ether oxygens (including phenoxy) is 1. The van der Waals surface area contributed by atoms with Crippen LogP contribution in [0, 0.1) is 0 Å².